The number of aromatic nitrogens is 1. The number of nitrogens with zero attached hydrogens (tertiary/aromatic N) is 2. The van der Waals surface area contributed by atoms with Crippen LogP contribution in [0.4, 0.5) is 11.4 Å². The minimum absolute atomic E-state index is 0.525. The highest BCUT2D eigenvalue weighted by Gasteiger charge is 2.18. The van der Waals surface area contributed by atoms with Gasteiger partial charge in [-0.15, -0.1) is 0 Å². The normalized spacial score (nSPS) is 21.9. The largest absolute Gasteiger partial charge is 0.397 e. The number of nitrogen functional groups attached to an aromatic ring is 1. The zero-order valence-corrected chi connectivity index (χ0v) is 9.82. The van der Waals surface area contributed by atoms with Crippen LogP contribution in [0.2, 0.25) is 0 Å². The Bertz CT molecular complexity index is 340. The average Bonchev–Trinajstić information content (AvgIpc) is 2.29. The van der Waals surface area contributed by atoms with Gasteiger partial charge in [0.25, 0.3) is 0 Å². The number of nitrogens with one attached hydrogen (secondary N) is 1. The summed E-state index contributed by atoms with van der Waals surface area (Å²) >= 11 is 0. The molecule has 4 heteroatoms. The van der Waals surface area contributed by atoms with Crippen LogP contribution in [0.1, 0.15) is 19.8 Å². The Morgan fingerprint density at radius 3 is 3.19 bits per heavy atom. The molecular weight excluding hydrogens is 200 g/mol. The first-order valence-corrected chi connectivity index (χ1v) is 5.97. The van der Waals surface area contributed by atoms with Gasteiger partial charge in [0, 0.05) is 18.8 Å². The maximum atomic E-state index is 5.70. The van der Waals surface area contributed by atoms with Crippen LogP contribution in [0.25, 0.3) is 0 Å². The smallest absolute Gasteiger partial charge is 0.0549 e. The molecule has 1 aromatic heterocycles. The lowest BCUT2D eigenvalue weighted by molar-refractivity contribution is 0.227. The van der Waals surface area contributed by atoms with Crippen molar-refractivity contribution in [3.63, 3.8) is 0 Å². The molecule has 3 N–H and O–H groups in total. The molecule has 0 spiro atoms. The Morgan fingerprint density at radius 2 is 2.44 bits per heavy atom. The summed E-state index contributed by atoms with van der Waals surface area (Å²) in [5.41, 5.74) is 7.45. The molecule has 2 heterocycles. The van der Waals surface area contributed by atoms with E-state index in [-0.39, 0.29) is 0 Å². The molecule has 0 radical (unpaired) electrons. The third-order valence-electron chi connectivity index (χ3n) is 3.08. The SMILES string of the molecule is CCN1CCCC(Nc2cncc(N)c2)C1. The minimum atomic E-state index is 0.525. The lowest BCUT2D eigenvalue weighted by atomic mass is 10.1. The Hall–Kier alpha value is -1.29. The number of rotatable bonds is 3. The molecule has 16 heavy (non-hydrogen) atoms. The van der Waals surface area contributed by atoms with Crippen LogP contribution in [-0.4, -0.2) is 35.6 Å². The number of nitrogens with two attached hydrogens (primary N) is 1. The zero-order valence-electron chi connectivity index (χ0n) is 9.82. The molecule has 0 amide bonds. The minimum Gasteiger partial charge on any atom is -0.397 e. The molecule has 1 aliphatic heterocycles. The topological polar surface area (TPSA) is 54.2 Å². The highest BCUT2D eigenvalue weighted by Crippen LogP contribution is 2.16. The van der Waals surface area contributed by atoms with Crippen molar-refractivity contribution in [2.45, 2.75) is 25.8 Å². The van der Waals surface area contributed by atoms with E-state index >= 15 is 0 Å². The van der Waals surface area contributed by atoms with Crippen LogP contribution in [0.15, 0.2) is 18.5 Å². The van der Waals surface area contributed by atoms with Crippen LogP contribution in [0.3, 0.4) is 0 Å². The molecule has 0 saturated carbocycles. The molecule has 0 aliphatic carbocycles. The lowest BCUT2D eigenvalue weighted by Gasteiger charge is -2.32. The van der Waals surface area contributed by atoms with Gasteiger partial charge in [-0.1, -0.05) is 6.92 Å². The van der Waals surface area contributed by atoms with Crippen molar-refractivity contribution in [2.75, 3.05) is 30.7 Å². The van der Waals surface area contributed by atoms with E-state index in [1.807, 2.05) is 12.3 Å². The summed E-state index contributed by atoms with van der Waals surface area (Å²) in [5, 5.41) is 3.50. The van der Waals surface area contributed by atoms with E-state index in [0.29, 0.717) is 11.7 Å². The summed E-state index contributed by atoms with van der Waals surface area (Å²) in [7, 11) is 0. The number of anilines is 2. The number of hydrogen-bond donors (Lipinski definition) is 2. The van der Waals surface area contributed by atoms with Crippen LogP contribution >= 0.6 is 0 Å². The molecule has 2 rings (SSSR count). The van der Waals surface area contributed by atoms with Gasteiger partial charge in [0.15, 0.2) is 0 Å². The quantitative estimate of drug-likeness (QED) is 0.811. The van der Waals surface area contributed by atoms with Crippen LogP contribution in [-0.2, 0) is 0 Å². The molecule has 1 unspecified atom stereocenters. The summed E-state index contributed by atoms with van der Waals surface area (Å²) < 4.78 is 0. The van der Waals surface area contributed by atoms with Crippen molar-refractivity contribution in [3.8, 4) is 0 Å². The van der Waals surface area contributed by atoms with E-state index in [1.54, 1.807) is 6.20 Å². The van der Waals surface area contributed by atoms with Crippen molar-refractivity contribution < 1.29 is 0 Å². The Labute approximate surface area is 96.8 Å². The Balaban J connectivity index is 1.94. The molecule has 1 fully saturated rings. The molecule has 1 aromatic rings. The highest BCUT2D eigenvalue weighted by atomic mass is 15.2. The predicted molar refractivity (Wildman–Crippen MR) is 67.4 cm³/mol. The van der Waals surface area contributed by atoms with E-state index in [9.17, 15) is 0 Å². The first-order chi connectivity index (χ1) is 7.78. The van der Waals surface area contributed by atoms with E-state index in [2.05, 4.69) is 22.1 Å². The van der Waals surface area contributed by atoms with Crippen molar-refractivity contribution >= 4 is 11.4 Å². The number of hydrogen-bond acceptors (Lipinski definition) is 4. The predicted octanol–water partition coefficient (Wildman–Crippen LogP) is 1.56. The van der Waals surface area contributed by atoms with Crippen molar-refractivity contribution in [2.24, 2.45) is 0 Å². The zero-order chi connectivity index (χ0) is 11.4. The molecule has 1 atom stereocenters. The maximum Gasteiger partial charge on any atom is 0.0549 e. The summed E-state index contributed by atoms with van der Waals surface area (Å²) in [4.78, 5) is 6.56. The number of likely N-dealkylation sites (N-methyl/N-ethyl adjacent to an activating group) is 1. The van der Waals surface area contributed by atoms with Gasteiger partial charge in [-0.3, -0.25) is 4.98 Å². The summed E-state index contributed by atoms with van der Waals surface area (Å²) in [6.45, 7) is 5.69. The first-order valence-electron chi connectivity index (χ1n) is 5.97. The fraction of sp³-hybridized carbons (Fsp3) is 0.583. The maximum absolute atomic E-state index is 5.70. The summed E-state index contributed by atoms with van der Waals surface area (Å²) in [6, 6.07) is 2.47. The van der Waals surface area contributed by atoms with Gasteiger partial charge < -0.3 is 16.0 Å². The van der Waals surface area contributed by atoms with Crippen LogP contribution in [0.5, 0.6) is 0 Å². The van der Waals surface area contributed by atoms with Gasteiger partial charge in [0.1, 0.15) is 0 Å². The third-order valence-corrected chi connectivity index (χ3v) is 3.08. The van der Waals surface area contributed by atoms with Gasteiger partial charge in [0.05, 0.1) is 17.6 Å². The van der Waals surface area contributed by atoms with E-state index in [0.717, 1.165) is 18.8 Å². The van der Waals surface area contributed by atoms with Gasteiger partial charge in [-0.05, 0) is 32.0 Å². The number of piperidine rings is 1. The van der Waals surface area contributed by atoms with Crippen LogP contribution < -0.4 is 11.1 Å². The van der Waals surface area contributed by atoms with Crippen molar-refractivity contribution in [1.82, 2.24) is 9.88 Å². The molecule has 1 aliphatic rings. The second-order valence-electron chi connectivity index (χ2n) is 4.38. The fourth-order valence-corrected chi connectivity index (χ4v) is 2.23. The monoisotopic (exact) mass is 220 g/mol. The second kappa shape index (κ2) is 5.16. The van der Waals surface area contributed by atoms with Gasteiger partial charge in [-0.2, -0.15) is 0 Å². The molecule has 88 valence electrons. The van der Waals surface area contributed by atoms with Gasteiger partial charge in [-0.25, -0.2) is 0 Å². The van der Waals surface area contributed by atoms with Crippen LogP contribution in [0, 0.1) is 0 Å². The number of pyridine rings is 1. The Kier molecular flexibility index (Phi) is 3.62. The van der Waals surface area contributed by atoms with E-state index < -0.39 is 0 Å². The molecule has 1 saturated heterocycles. The van der Waals surface area contributed by atoms with Gasteiger partial charge >= 0.3 is 0 Å². The molecule has 4 nitrogen and oxygen atoms in total. The fourth-order valence-electron chi connectivity index (χ4n) is 2.23. The van der Waals surface area contributed by atoms with E-state index in [4.69, 9.17) is 5.73 Å². The lowest BCUT2D eigenvalue weighted by Crippen LogP contribution is -2.41. The van der Waals surface area contributed by atoms with Crippen molar-refractivity contribution in [3.05, 3.63) is 18.5 Å². The van der Waals surface area contributed by atoms with Gasteiger partial charge in [0.2, 0.25) is 0 Å². The summed E-state index contributed by atoms with van der Waals surface area (Å²) in [5.74, 6) is 0. The molecule has 0 aromatic carbocycles. The Morgan fingerprint density at radius 1 is 1.56 bits per heavy atom. The number of likely N-dealkylation sites (tertiary alicyclic amines) is 1. The standard InChI is InChI=1S/C12H20N4/c1-2-16-5-3-4-11(9-16)15-12-6-10(13)7-14-8-12/h6-8,11,15H,2-5,9,13H2,1H3. The second-order valence-corrected chi connectivity index (χ2v) is 4.38. The van der Waals surface area contributed by atoms with Crippen molar-refractivity contribution in [1.29, 1.82) is 0 Å². The average molecular weight is 220 g/mol. The third kappa shape index (κ3) is 2.85. The highest BCUT2D eigenvalue weighted by molar-refractivity contribution is 5.51. The molecular formula is C12H20N4. The molecule has 0 bridgehead atoms. The van der Waals surface area contributed by atoms with E-state index in [1.165, 1.54) is 19.4 Å². The first kappa shape index (κ1) is 11.2. The summed E-state index contributed by atoms with van der Waals surface area (Å²) in [6.07, 6.45) is 6.00.